The summed E-state index contributed by atoms with van der Waals surface area (Å²) in [5, 5.41) is 2.73. The first kappa shape index (κ1) is 17.3. The fourth-order valence-corrected chi connectivity index (χ4v) is 2.13. The summed E-state index contributed by atoms with van der Waals surface area (Å²) in [5.74, 6) is 0. The van der Waals surface area contributed by atoms with Crippen LogP contribution >= 0.6 is 0 Å². The number of alkyl carbamates (subject to hydrolysis) is 1. The monoisotopic (exact) mass is 289 g/mol. The fourth-order valence-electron chi connectivity index (χ4n) is 2.13. The van der Waals surface area contributed by atoms with Gasteiger partial charge in [0.25, 0.3) is 0 Å². The number of benzene rings is 1. The summed E-state index contributed by atoms with van der Waals surface area (Å²) in [6, 6.07) is 2.21. The highest BCUT2D eigenvalue weighted by Crippen LogP contribution is 2.22. The molecule has 0 heterocycles. The van der Waals surface area contributed by atoms with Gasteiger partial charge in [0.1, 0.15) is 5.60 Å². The van der Waals surface area contributed by atoms with E-state index in [0.29, 0.717) is 6.54 Å². The SMILES string of the molecule is Cc1cc(C)c(C)c(C=CCNC(=O)OC(C)(C)C)c1C. The fraction of sp³-hybridized carbons (Fsp3) is 0.500. The van der Waals surface area contributed by atoms with E-state index in [1.54, 1.807) is 0 Å². The van der Waals surface area contributed by atoms with Crippen LogP contribution in [0.5, 0.6) is 0 Å². The van der Waals surface area contributed by atoms with E-state index in [1.807, 2.05) is 26.8 Å². The second-order valence-electron chi connectivity index (χ2n) is 6.46. The number of nitrogens with one attached hydrogen (secondary N) is 1. The molecule has 21 heavy (non-hydrogen) atoms. The Hall–Kier alpha value is -1.77. The summed E-state index contributed by atoms with van der Waals surface area (Å²) in [6.07, 6.45) is 3.64. The molecule has 0 unspecified atom stereocenters. The summed E-state index contributed by atoms with van der Waals surface area (Å²) < 4.78 is 5.19. The molecule has 0 bridgehead atoms. The van der Waals surface area contributed by atoms with Gasteiger partial charge in [-0.2, -0.15) is 0 Å². The Morgan fingerprint density at radius 2 is 1.67 bits per heavy atom. The number of rotatable bonds is 3. The first-order valence-corrected chi connectivity index (χ1v) is 7.32. The first-order valence-electron chi connectivity index (χ1n) is 7.32. The van der Waals surface area contributed by atoms with E-state index in [2.05, 4.69) is 45.2 Å². The number of carbonyl (C=O) groups is 1. The molecule has 1 aromatic rings. The zero-order valence-electron chi connectivity index (χ0n) is 14.3. The normalized spacial score (nSPS) is 11.8. The molecule has 1 N–H and O–H groups in total. The van der Waals surface area contributed by atoms with Gasteiger partial charge in [-0.05, 0) is 76.3 Å². The minimum absolute atomic E-state index is 0.388. The molecule has 0 aliphatic carbocycles. The Bertz CT molecular complexity index is 525. The summed E-state index contributed by atoms with van der Waals surface area (Å²) >= 11 is 0. The van der Waals surface area contributed by atoms with E-state index in [4.69, 9.17) is 4.74 Å². The Labute approximate surface area is 128 Å². The van der Waals surface area contributed by atoms with Crippen molar-refractivity contribution in [3.63, 3.8) is 0 Å². The van der Waals surface area contributed by atoms with Gasteiger partial charge in [-0.25, -0.2) is 4.79 Å². The summed E-state index contributed by atoms with van der Waals surface area (Å²) in [4.78, 5) is 11.5. The Morgan fingerprint density at radius 1 is 1.14 bits per heavy atom. The topological polar surface area (TPSA) is 38.3 Å². The lowest BCUT2D eigenvalue weighted by Crippen LogP contribution is -2.32. The zero-order chi connectivity index (χ0) is 16.2. The third kappa shape index (κ3) is 5.25. The van der Waals surface area contributed by atoms with Crippen molar-refractivity contribution in [1.82, 2.24) is 5.32 Å². The van der Waals surface area contributed by atoms with Crippen LogP contribution in [-0.4, -0.2) is 18.2 Å². The molecule has 1 amide bonds. The predicted molar refractivity (Wildman–Crippen MR) is 88.7 cm³/mol. The predicted octanol–water partition coefficient (Wildman–Crippen LogP) is 4.46. The number of ether oxygens (including phenoxy) is 1. The maximum atomic E-state index is 11.5. The van der Waals surface area contributed by atoms with Crippen LogP contribution in [0.15, 0.2) is 12.1 Å². The van der Waals surface area contributed by atoms with Crippen molar-refractivity contribution in [3.8, 4) is 0 Å². The second kappa shape index (κ2) is 6.79. The Morgan fingerprint density at radius 3 is 2.14 bits per heavy atom. The van der Waals surface area contributed by atoms with Crippen molar-refractivity contribution in [3.05, 3.63) is 40.0 Å². The van der Waals surface area contributed by atoms with Gasteiger partial charge < -0.3 is 10.1 Å². The summed E-state index contributed by atoms with van der Waals surface area (Å²) in [7, 11) is 0. The smallest absolute Gasteiger partial charge is 0.407 e. The maximum Gasteiger partial charge on any atom is 0.407 e. The quantitative estimate of drug-likeness (QED) is 0.892. The molecule has 116 valence electrons. The van der Waals surface area contributed by atoms with Crippen LogP contribution in [0.1, 0.15) is 48.6 Å². The van der Waals surface area contributed by atoms with Crippen molar-refractivity contribution < 1.29 is 9.53 Å². The van der Waals surface area contributed by atoms with Gasteiger partial charge in [-0.3, -0.25) is 0 Å². The molecule has 0 radical (unpaired) electrons. The Kier molecular flexibility index (Phi) is 5.59. The highest BCUT2D eigenvalue weighted by molar-refractivity contribution is 5.68. The van der Waals surface area contributed by atoms with Crippen LogP contribution in [0.3, 0.4) is 0 Å². The van der Waals surface area contributed by atoms with Crippen LogP contribution in [0, 0.1) is 27.7 Å². The number of amides is 1. The third-order valence-electron chi connectivity index (χ3n) is 3.47. The van der Waals surface area contributed by atoms with E-state index in [9.17, 15) is 4.79 Å². The lowest BCUT2D eigenvalue weighted by atomic mass is 9.94. The van der Waals surface area contributed by atoms with E-state index in [0.717, 1.165) is 0 Å². The van der Waals surface area contributed by atoms with E-state index in [1.165, 1.54) is 27.8 Å². The summed E-state index contributed by atoms with van der Waals surface area (Å²) in [5.41, 5.74) is 5.92. The Balaban J connectivity index is 2.69. The highest BCUT2D eigenvalue weighted by Gasteiger charge is 2.15. The number of carbonyl (C=O) groups excluding carboxylic acids is 1. The molecule has 0 aliphatic rings. The van der Waals surface area contributed by atoms with E-state index in [-0.39, 0.29) is 6.09 Å². The largest absolute Gasteiger partial charge is 0.444 e. The molecule has 1 rings (SSSR count). The van der Waals surface area contributed by atoms with E-state index < -0.39 is 5.60 Å². The van der Waals surface area contributed by atoms with Crippen LogP contribution in [0.4, 0.5) is 4.79 Å². The van der Waals surface area contributed by atoms with Gasteiger partial charge in [0, 0.05) is 6.54 Å². The third-order valence-corrected chi connectivity index (χ3v) is 3.47. The maximum absolute atomic E-state index is 11.5. The van der Waals surface area contributed by atoms with E-state index >= 15 is 0 Å². The summed E-state index contributed by atoms with van der Waals surface area (Å²) in [6.45, 7) is 14.5. The van der Waals surface area contributed by atoms with Gasteiger partial charge in [-0.15, -0.1) is 0 Å². The lowest BCUT2D eigenvalue weighted by Gasteiger charge is -2.19. The minimum Gasteiger partial charge on any atom is -0.444 e. The average molecular weight is 289 g/mol. The molecule has 1 aromatic carbocycles. The van der Waals surface area contributed by atoms with Crippen LogP contribution in [0.2, 0.25) is 0 Å². The van der Waals surface area contributed by atoms with Crippen LogP contribution in [-0.2, 0) is 4.74 Å². The number of aryl methyl sites for hydroxylation is 2. The molecular weight excluding hydrogens is 262 g/mol. The zero-order valence-corrected chi connectivity index (χ0v) is 14.3. The molecule has 0 spiro atoms. The van der Waals surface area contributed by atoms with Crippen molar-refractivity contribution in [2.45, 2.75) is 54.1 Å². The molecule has 3 nitrogen and oxygen atoms in total. The van der Waals surface area contributed by atoms with Gasteiger partial charge in [0.2, 0.25) is 0 Å². The lowest BCUT2D eigenvalue weighted by molar-refractivity contribution is 0.0534. The van der Waals surface area contributed by atoms with Gasteiger partial charge in [0.15, 0.2) is 0 Å². The molecule has 0 saturated carbocycles. The minimum atomic E-state index is -0.464. The molecule has 3 heteroatoms. The van der Waals surface area contributed by atoms with Crippen molar-refractivity contribution in [2.75, 3.05) is 6.54 Å². The molecule has 0 fully saturated rings. The van der Waals surface area contributed by atoms with Gasteiger partial charge >= 0.3 is 6.09 Å². The molecule has 0 atom stereocenters. The molecule has 0 saturated heterocycles. The van der Waals surface area contributed by atoms with Crippen LogP contribution < -0.4 is 5.32 Å². The van der Waals surface area contributed by atoms with Crippen molar-refractivity contribution >= 4 is 12.2 Å². The number of hydrogen-bond acceptors (Lipinski definition) is 2. The molecule has 0 aromatic heterocycles. The first-order chi connectivity index (χ1) is 9.61. The number of hydrogen-bond donors (Lipinski definition) is 1. The van der Waals surface area contributed by atoms with Crippen molar-refractivity contribution in [1.29, 1.82) is 0 Å². The average Bonchev–Trinajstić information content (AvgIpc) is 2.33. The second-order valence-corrected chi connectivity index (χ2v) is 6.46. The molecular formula is C18H27NO2. The van der Waals surface area contributed by atoms with Gasteiger partial charge in [0.05, 0.1) is 0 Å². The highest BCUT2D eigenvalue weighted by atomic mass is 16.6. The standard InChI is InChI=1S/C18H27NO2/c1-12-11-13(2)15(4)16(14(12)3)9-8-10-19-17(20)21-18(5,6)7/h8-9,11H,10H2,1-7H3,(H,19,20). The van der Waals surface area contributed by atoms with Crippen LogP contribution in [0.25, 0.3) is 6.08 Å². The molecule has 0 aliphatic heterocycles. The van der Waals surface area contributed by atoms with Gasteiger partial charge in [-0.1, -0.05) is 18.2 Å². The van der Waals surface area contributed by atoms with Crippen molar-refractivity contribution in [2.24, 2.45) is 0 Å².